The molecular formula is C11H11F2N3. The molecule has 1 aliphatic carbocycles. The summed E-state index contributed by atoms with van der Waals surface area (Å²) >= 11 is 0. The first kappa shape index (κ1) is 9.57. The van der Waals surface area contributed by atoms with Gasteiger partial charge in [0.1, 0.15) is 11.3 Å². The van der Waals surface area contributed by atoms with Gasteiger partial charge in [0.05, 0.1) is 5.52 Å². The highest BCUT2D eigenvalue weighted by molar-refractivity contribution is 5.79. The van der Waals surface area contributed by atoms with E-state index in [0.717, 1.165) is 18.9 Å². The monoisotopic (exact) mass is 223 g/mol. The third-order valence-electron chi connectivity index (χ3n) is 2.94. The first-order chi connectivity index (χ1) is 7.65. The van der Waals surface area contributed by atoms with Gasteiger partial charge >= 0.3 is 0 Å². The van der Waals surface area contributed by atoms with Gasteiger partial charge in [0.25, 0.3) is 0 Å². The van der Waals surface area contributed by atoms with E-state index in [1.54, 1.807) is 4.57 Å². The second kappa shape index (κ2) is 3.17. The Morgan fingerprint density at radius 2 is 2.12 bits per heavy atom. The van der Waals surface area contributed by atoms with Crippen LogP contribution in [0.25, 0.3) is 11.0 Å². The largest absolute Gasteiger partial charge is 0.369 e. The van der Waals surface area contributed by atoms with Gasteiger partial charge in [-0.05, 0) is 18.8 Å². The molecule has 16 heavy (non-hydrogen) atoms. The molecule has 0 spiro atoms. The predicted octanol–water partition coefficient (Wildman–Crippen LogP) is 2.31. The number of halogens is 2. The lowest BCUT2D eigenvalue weighted by Gasteiger charge is -2.04. The van der Waals surface area contributed by atoms with E-state index >= 15 is 0 Å². The first-order valence-corrected chi connectivity index (χ1v) is 5.26. The summed E-state index contributed by atoms with van der Waals surface area (Å²) in [5.41, 5.74) is 6.31. The number of rotatable bonds is 2. The molecule has 1 saturated carbocycles. The third kappa shape index (κ3) is 1.43. The number of imidazole rings is 1. The summed E-state index contributed by atoms with van der Waals surface area (Å²) < 4.78 is 28.2. The van der Waals surface area contributed by atoms with Crippen LogP contribution >= 0.6 is 0 Å². The molecule has 84 valence electrons. The minimum Gasteiger partial charge on any atom is -0.369 e. The molecule has 1 heterocycles. The molecule has 0 atom stereocenters. The highest BCUT2D eigenvalue weighted by Gasteiger charge is 2.24. The van der Waals surface area contributed by atoms with Crippen LogP contribution in [0.5, 0.6) is 0 Å². The topological polar surface area (TPSA) is 43.8 Å². The molecule has 0 radical (unpaired) electrons. The lowest BCUT2D eigenvalue weighted by Crippen LogP contribution is -2.04. The smallest absolute Gasteiger partial charge is 0.201 e. The SMILES string of the molecule is Nc1nc2c(F)cc(F)cc2n1CC1CC1. The maximum atomic E-state index is 13.4. The molecule has 1 aromatic heterocycles. The minimum atomic E-state index is -0.656. The number of hydrogen-bond acceptors (Lipinski definition) is 2. The van der Waals surface area contributed by atoms with Crippen molar-refractivity contribution in [3.8, 4) is 0 Å². The Bertz CT molecular complexity index is 558. The number of benzene rings is 1. The molecule has 0 unspecified atom stereocenters. The highest BCUT2D eigenvalue weighted by Crippen LogP contribution is 2.33. The van der Waals surface area contributed by atoms with Crippen molar-refractivity contribution in [1.82, 2.24) is 9.55 Å². The Labute approximate surface area is 90.9 Å². The van der Waals surface area contributed by atoms with Gasteiger partial charge in [-0.2, -0.15) is 0 Å². The zero-order valence-electron chi connectivity index (χ0n) is 8.58. The first-order valence-electron chi connectivity index (χ1n) is 5.26. The maximum absolute atomic E-state index is 13.4. The fourth-order valence-electron chi connectivity index (χ4n) is 1.92. The van der Waals surface area contributed by atoms with Crippen LogP contribution in [0, 0.1) is 17.6 Å². The van der Waals surface area contributed by atoms with Crippen molar-refractivity contribution in [2.75, 3.05) is 5.73 Å². The Morgan fingerprint density at radius 3 is 2.81 bits per heavy atom. The highest BCUT2D eigenvalue weighted by atomic mass is 19.1. The van der Waals surface area contributed by atoms with Crippen molar-refractivity contribution in [1.29, 1.82) is 0 Å². The van der Waals surface area contributed by atoms with Crippen LogP contribution in [0.3, 0.4) is 0 Å². The van der Waals surface area contributed by atoms with Gasteiger partial charge in [0.15, 0.2) is 5.82 Å². The van der Waals surface area contributed by atoms with Gasteiger partial charge in [0, 0.05) is 18.7 Å². The van der Waals surface area contributed by atoms with Crippen LogP contribution in [-0.2, 0) is 6.54 Å². The summed E-state index contributed by atoms with van der Waals surface area (Å²) in [5, 5.41) is 0. The maximum Gasteiger partial charge on any atom is 0.201 e. The van der Waals surface area contributed by atoms with Crippen molar-refractivity contribution in [2.45, 2.75) is 19.4 Å². The second-order valence-electron chi connectivity index (χ2n) is 4.28. The molecule has 0 bridgehead atoms. The van der Waals surface area contributed by atoms with Crippen molar-refractivity contribution in [3.63, 3.8) is 0 Å². The van der Waals surface area contributed by atoms with Gasteiger partial charge in [0.2, 0.25) is 5.95 Å². The van der Waals surface area contributed by atoms with Gasteiger partial charge in [-0.3, -0.25) is 0 Å². The molecular weight excluding hydrogens is 212 g/mol. The Balaban J connectivity index is 2.21. The number of hydrogen-bond donors (Lipinski definition) is 1. The number of nitrogens with two attached hydrogens (primary N) is 1. The fraction of sp³-hybridized carbons (Fsp3) is 0.364. The summed E-state index contributed by atoms with van der Waals surface area (Å²) in [6.45, 7) is 0.700. The van der Waals surface area contributed by atoms with Crippen molar-refractivity contribution >= 4 is 17.0 Å². The number of fused-ring (bicyclic) bond motifs is 1. The molecule has 1 aromatic carbocycles. The number of nitrogens with zero attached hydrogens (tertiary/aromatic N) is 2. The predicted molar refractivity (Wildman–Crippen MR) is 56.8 cm³/mol. The molecule has 2 N–H and O–H groups in total. The van der Waals surface area contributed by atoms with Gasteiger partial charge in [-0.1, -0.05) is 0 Å². The second-order valence-corrected chi connectivity index (χ2v) is 4.28. The minimum absolute atomic E-state index is 0.152. The summed E-state index contributed by atoms with van der Waals surface area (Å²) in [7, 11) is 0. The molecule has 1 fully saturated rings. The van der Waals surface area contributed by atoms with Crippen molar-refractivity contribution in [3.05, 3.63) is 23.8 Å². The van der Waals surface area contributed by atoms with E-state index in [1.807, 2.05) is 0 Å². The van der Waals surface area contributed by atoms with Crippen LogP contribution < -0.4 is 5.73 Å². The quantitative estimate of drug-likeness (QED) is 0.849. The fourth-order valence-corrected chi connectivity index (χ4v) is 1.92. The van der Waals surface area contributed by atoms with Crippen LogP contribution in [0.15, 0.2) is 12.1 Å². The lowest BCUT2D eigenvalue weighted by molar-refractivity contribution is 0.588. The Morgan fingerprint density at radius 1 is 1.38 bits per heavy atom. The zero-order valence-corrected chi connectivity index (χ0v) is 8.58. The van der Waals surface area contributed by atoms with Crippen molar-refractivity contribution in [2.24, 2.45) is 5.92 Å². The number of anilines is 1. The van der Waals surface area contributed by atoms with Crippen LogP contribution in [0.2, 0.25) is 0 Å². The zero-order chi connectivity index (χ0) is 11.3. The van der Waals surface area contributed by atoms with Gasteiger partial charge in [-0.15, -0.1) is 0 Å². The average Bonchev–Trinajstić information content (AvgIpc) is 2.96. The number of nitrogen functional groups attached to an aromatic ring is 1. The summed E-state index contributed by atoms with van der Waals surface area (Å²) in [5.74, 6) is -0.421. The third-order valence-corrected chi connectivity index (χ3v) is 2.94. The van der Waals surface area contributed by atoms with E-state index in [2.05, 4.69) is 4.98 Å². The molecule has 3 rings (SSSR count). The van der Waals surface area contributed by atoms with E-state index in [4.69, 9.17) is 5.73 Å². The molecule has 3 nitrogen and oxygen atoms in total. The normalized spacial score (nSPS) is 15.9. The molecule has 2 aromatic rings. The Kier molecular flexibility index (Phi) is 1.89. The van der Waals surface area contributed by atoms with Gasteiger partial charge < -0.3 is 10.3 Å². The lowest BCUT2D eigenvalue weighted by atomic mass is 10.3. The molecule has 0 amide bonds. The Hall–Kier alpha value is -1.65. The van der Waals surface area contributed by atoms with E-state index in [9.17, 15) is 8.78 Å². The number of aromatic nitrogens is 2. The van der Waals surface area contributed by atoms with Crippen LogP contribution in [-0.4, -0.2) is 9.55 Å². The molecule has 0 aliphatic heterocycles. The summed E-state index contributed by atoms with van der Waals surface area (Å²) in [6, 6.07) is 2.11. The van der Waals surface area contributed by atoms with Gasteiger partial charge in [-0.25, -0.2) is 13.8 Å². The van der Waals surface area contributed by atoms with Crippen molar-refractivity contribution < 1.29 is 8.78 Å². The summed E-state index contributed by atoms with van der Waals surface area (Å²) in [6.07, 6.45) is 2.30. The standard InChI is InChI=1S/C11H11F2N3/c12-7-3-8(13)10-9(4-7)16(11(14)15-10)5-6-1-2-6/h3-4,6H,1-2,5H2,(H2,14,15). The summed E-state index contributed by atoms with van der Waals surface area (Å²) in [4.78, 5) is 3.93. The van der Waals surface area contributed by atoms with Crippen LogP contribution in [0.4, 0.5) is 14.7 Å². The van der Waals surface area contributed by atoms with E-state index < -0.39 is 11.6 Å². The van der Waals surface area contributed by atoms with E-state index in [1.165, 1.54) is 6.07 Å². The van der Waals surface area contributed by atoms with Crippen LogP contribution in [0.1, 0.15) is 12.8 Å². The molecule has 0 saturated heterocycles. The van der Waals surface area contributed by atoms with E-state index in [-0.39, 0.29) is 11.5 Å². The molecule has 1 aliphatic rings. The van der Waals surface area contributed by atoms with E-state index in [0.29, 0.717) is 18.0 Å². The molecule has 5 heteroatoms. The average molecular weight is 223 g/mol.